The summed E-state index contributed by atoms with van der Waals surface area (Å²) < 4.78 is 9.89. The first kappa shape index (κ1) is 16.2. The van der Waals surface area contributed by atoms with Crippen molar-refractivity contribution in [1.29, 1.82) is 0 Å². The molecule has 0 spiro atoms. The highest BCUT2D eigenvalue weighted by molar-refractivity contribution is 5.93. The van der Waals surface area contributed by atoms with Crippen LogP contribution in [0, 0.1) is 0 Å². The minimum Gasteiger partial charge on any atom is -0.463 e. The predicted molar refractivity (Wildman–Crippen MR) is 71.8 cm³/mol. The largest absolute Gasteiger partial charge is 0.463 e. The fourth-order valence-electron chi connectivity index (χ4n) is 1.84. The summed E-state index contributed by atoms with van der Waals surface area (Å²) in [5.74, 6) is -1.05. The molecule has 1 amide bonds. The van der Waals surface area contributed by atoms with E-state index < -0.39 is 11.9 Å². The van der Waals surface area contributed by atoms with Crippen molar-refractivity contribution in [2.75, 3.05) is 19.7 Å². The van der Waals surface area contributed by atoms with Crippen LogP contribution in [-0.2, 0) is 23.9 Å². The fraction of sp³-hybridized carbons (Fsp3) is 0.643. The Balaban J connectivity index is 2.23. The molecule has 20 heavy (non-hydrogen) atoms. The molecule has 1 aliphatic heterocycles. The van der Waals surface area contributed by atoms with E-state index in [0.717, 1.165) is 6.42 Å². The first-order valence-corrected chi connectivity index (χ1v) is 6.72. The van der Waals surface area contributed by atoms with Gasteiger partial charge in [-0.3, -0.25) is 9.59 Å². The zero-order valence-electron chi connectivity index (χ0n) is 12.0. The Morgan fingerprint density at radius 1 is 1.40 bits per heavy atom. The van der Waals surface area contributed by atoms with Crippen LogP contribution in [0.25, 0.3) is 0 Å². The van der Waals surface area contributed by atoms with E-state index in [2.05, 4.69) is 6.58 Å². The first-order chi connectivity index (χ1) is 9.40. The number of nitrogens with zero attached hydrogens (tertiary/aromatic N) is 1. The van der Waals surface area contributed by atoms with Crippen LogP contribution in [0.5, 0.6) is 0 Å². The van der Waals surface area contributed by atoms with Crippen molar-refractivity contribution in [1.82, 2.24) is 4.90 Å². The Hall–Kier alpha value is -1.85. The number of rotatable bonds is 7. The topological polar surface area (TPSA) is 72.9 Å². The third-order valence-corrected chi connectivity index (χ3v) is 2.78. The molecule has 6 heteroatoms. The van der Waals surface area contributed by atoms with Gasteiger partial charge in [-0.05, 0) is 20.3 Å². The van der Waals surface area contributed by atoms with Crippen LogP contribution in [0.2, 0.25) is 0 Å². The summed E-state index contributed by atoms with van der Waals surface area (Å²) in [5.41, 5.74) is 0.0587. The van der Waals surface area contributed by atoms with E-state index >= 15 is 0 Å². The molecule has 0 aliphatic carbocycles. The highest BCUT2D eigenvalue weighted by atomic mass is 16.5. The van der Waals surface area contributed by atoms with Crippen molar-refractivity contribution in [3.63, 3.8) is 0 Å². The molecule has 0 N–H and O–H groups in total. The molecule has 0 bridgehead atoms. The zero-order valence-corrected chi connectivity index (χ0v) is 12.0. The molecule has 1 heterocycles. The molecule has 0 saturated carbocycles. The monoisotopic (exact) mass is 283 g/mol. The normalized spacial score (nSPS) is 14.6. The van der Waals surface area contributed by atoms with Gasteiger partial charge in [0.15, 0.2) is 0 Å². The van der Waals surface area contributed by atoms with Gasteiger partial charge in [-0.2, -0.15) is 0 Å². The smallest absolute Gasteiger partial charge is 0.334 e. The lowest BCUT2D eigenvalue weighted by atomic mass is 10.2. The number of amides is 1. The molecule has 1 rings (SSSR count). The summed E-state index contributed by atoms with van der Waals surface area (Å²) in [6.45, 7) is 8.17. The van der Waals surface area contributed by atoms with Crippen molar-refractivity contribution >= 4 is 17.8 Å². The molecular weight excluding hydrogens is 262 g/mol. The Bertz CT molecular complexity index is 402. The Labute approximate surface area is 118 Å². The standard InChI is InChI=1S/C14H21NO5/c1-10(2)20-13(17)9-11(3)14(18)19-8-7-15-6-4-5-12(15)16/h10H,3-9H2,1-2H3. The summed E-state index contributed by atoms with van der Waals surface area (Å²) in [6, 6.07) is 0. The fourth-order valence-corrected chi connectivity index (χ4v) is 1.84. The van der Waals surface area contributed by atoms with Gasteiger partial charge in [-0.15, -0.1) is 0 Å². The van der Waals surface area contributed by atoms with Crippen LogP contribution in [-0.4, -0.2) is 48.5 Å². The van der Waals surface area contributed by atoms with E-state index in [1.54, 1.807) is 18.7 Å². The van der Waals surface area contributed by atoms with Gasteiger partial charge in [0.1, 0.15) is 6.61 Å². The average Bonchev–Trinajstić information content (AvgIpc) is 2.73. The molecule has 1 saturated heterocycles. The molecule has 0 radical (unpaired) electrons. The van der Waals surface area contributed by atoms with Gasteiger partial charge in [0.05, 0.1) is 19.1 Å². The Kier molecular flexibility index (Phi) is 6.21. The Morgan fingerprint density at radius 3 is 2.65 bits per heavy atom. The van der Waals surface area contributed by atoms with Crippen LogP contribution >= 0.6 is 0 Å². The summed E-state index contributed by atoms with van der Waals surface area (Å²) in [6.07, 6.45) is 0.995. The van der Waals surface area contributed by atoms with E-state index in [-0.39, 0.29) is 30.6 Å². The van der Waals surface area contributed by atoms with Gasteiger partial charge in [0.2, 0.25) is 5.91 Å². The van der Waals surface area contributed by atoms with Crippen LogP contribution in [0.4, 0.5) is 0 Å². The Morgan fingerprint density at radius 2 is 2.10 bits per heavy atom. The van der Waals surface area contributed by atoms with E-state index in [0.29, 0.717) is 19.5 Å². The minimum absolute atomic E-state index is 0.0587. The number of carbonyl (C=O) groups is 3. The van der Waals surface area contributed by atoms with E-state index in [1.807, 2.05) is 0 Å². The van der Waals surface area contributed by atoms with Gasteiger partial charge in [-0.25, -0.2) is 4.79 Å². The maximum atomic E-state index is 11.6. The molecule has 112 valence electrons. The second-order valence-electron chi connectivity index (χ2n) is 4.94. The van der Waals surface area contributed by atoms with Crippen molar-refractivity contribution in [3.8, 4) is 0 Å². The molecule has 0 aromatic carbocycles. The number of hydrogen-bond donors (Lipinski definition) is 0. The highest BCUT2D eigenvalue weighted by Gasteiger charge is 2.20. The summed E-state index contributed by atoms with van der Waals surface area (Å²) >= 11 is 0. The number of likely N-dealkylation sites (tertiary alicyclic amines) is 1. The maximum absolute atomic E-state index is 11.6. The van der Waals surface area contributed by atoms with E-state index in [9.17, 15) is 14.4 Å². The van der Waals surface area contributed by atoms with Crippen molar-refractivity contribution in [2.45, 2.75) is 39.2 Å². The maximum Gasteiger partial charge on any atom is 0.334 e. The lowest BCUT2D eigenvalue weighted by molar-refractivity contribution is -0.149. The van der Waals surface area contributed by atoms with Crippen LogP contribution < -0.4 is 0 Å². The average molecular weight is 283 g/mol. The van der Waals surface area contributed by atoms with Crippen molar-refractivity contribution < 1.29 is 23.9 Å². The van der Waals surface area contributed by atoms with Gasteiger partial charge in [0.25, 0.3) is 0 Å². The third-order valence-electron chi connectivity index (χ3n) is 2.78. The third kappa shape index (κ3) is 5.42. The quantitative estimate of drug-likeness (QED) is 0.516. The lowest BCUT2D eigenvalue weighted by Gasteiger charge is -2.15. The summed E-state index contributed by atoms with van der Waals surface area (Å²) in [7, 11) is 0. The van der Waals surface area contributed by atoms with Gasteiger partial charge < -0.3 is 14.4 Å². The van der Waals surface area contributed by atoms with Crippen LogP contribution in [0.15, 0.2) is 12.2 Å². The van der Waals surface area contributed by atoms with Crippen LogP contribution in [0.3, 0.4) is 0 Å². The second-order valence-corrected chi connectivity index (χ2v) is 4.94. The van der Waals surface area contributed by atoms with Crippen molar-refractivity contribution in [3.05, 3.63) is 12.2 Å². The van der Waals surface area contributed by atoms with Crippen LogP contribution in [0.1, 0.15) is 33.1 Å². The van der Waals surface area contributed by atoms with Gasteiger partial charge in [-0.1, -0.05) is 6.58 Å². The van der Waals surface area contributed by atoms with E-state index in [4.69, 9.17) is 9.47 Å². The van der Waals surface area contributed by atoms with Gasteiger partial charge >= 0.3 is 11.9 Å². The number of ether oxygens (including phenoxy) is 2. The number of esters is 2. The molecule has 1 aliphatic rings. The molecular formula is C14H21NO5. The molecule has 0 aromatic heterocycles. The minimum atomic E-state index is -0.627. The highest BCUT2D eigenvalue weighted by Crippen LogP contribution is 2.09. The molecule has 1 fully saturated rings. The first-order valence-electron chi connectivity index (χ1n) is 6.72. The number of carbonyl (C=O) groups excluding carboxylic acids is 3. The molecule has 0 aromatic rings. The lowest BCUT2D eigenvalue weighted by Crippen LogP contribution is -2.29. The molecule has 0 unspecified atom stereocenters. The van der Waals surface area contributed by atoms with E-state index in [1.165, 1.54) is 0 Å². The zero-order chi connectivity index (χ0) is 15.1. The van der Waals surface area contributed by atoms with Gasteiger partial charge in [0, 0.05) is 18.5 Å². The molecule has 0 atom stereocenters. The number of hydrogen-bond acceptors (Lipinski definition) is 5. The SMILES string of the molecule is C=C(CC(=O)OC(C)C)C(=O)OCCN1CCCC1=O. The summed E-state index contributed by atoms with van der Waals surface area (Å²) in [5, 5.41) is 0. The molecule has 6 nitrogen and oxygen atoms in total. The predicted octanol–water partition coefficient (Wildman–Crippen LogP) is 1.05. The summed E-state index contributed by atoms with van der Waals surface area (Å²) in [4.78, 5) is 35.9. The second kappa shape index (κ2) is 7.67. The van der Waals surface area contributed by atoms with Crippen molar-refractivity contribution in [2.24, 2.45) is 0 Å².